The minimum atomic E-state index is -1.01. The first kappa shape index (κ1) is 11.9. The monoisotopic (exact) mass is 251 g/mol. The van der Waals surface area contributed by atoms with Gasteiger partial charge in [-0.3, -0.25) is 0 Å². The molecule has 0 aliphatic heterocycles. The van der Waals surface area contributed by atoms with Crippen LogP contribution in [0.3, 0.4) is 0 Å². The predicted octanol–water partition coefficient (Wildman–Crippen LogP) is 3.36. The summed E-state index contributed by atoms with van der Waals surface area (Å²) in [6.45, 7) is 3.93. The fourth-order valence-corrected chi connectivity index (χ4v) is 2.80. The molecule has 2 heterocycles. The van der Waals surface area contributed by atoms with E-state index >= 15 is 0 Å². The lowest BCUT2D eigenvalue weighted by molar-refractivity contribution is 0.0691. The van der Waals surface area contributed by atoms with Gasteiger partial charge in [-0.05, 0) is 31.4 Å². The standard InChI is InChI=1S/C12H13NO3S/c1-3-4-8-13-9(12(14)15)11(17-8)10-7(2)5-6-16-10/h5-6H,3-4H2,1-2H3,(H,14,15). The first-order valence-corrected chi connectivity index (χ1v) is 6.22. The summed E-state index contributed by atoms with van der Waals surface area (Å²) in [6.07, 6.45) is 3.31. The molecular formula is C12H13NO3S. The molecular weight excluding hydrogens is 238 g/mol. The van der Waals surface area contributed by atoms with Gasteiger partial charge in [-0.15, -0.1) is 11.3 Å². The summed E-state index contributed by atoms with van der Waals surface area (Å²) < 4.78 is 5.34. The Bertz CT molecular complexity index is 542. The number of hydrogen-bond acceptors (Lipinski definition) is 4. The molecule has 4 nitrogen and oxygen atoms in total. The number of thiazole rings is 1. The zero-order chi connectivity index (χ0) is 12.4. The maximum Gasteiger partial charge on any atom is 0.356 e. The first-order chi connectivity index (χ1) is 8.13. The Balaban J connectivity index is 2.52. The van der Waals surface area contributed by atoms with Gasteiger partial charge in [-0.25, -0.2) is 9.78 Å². The third kappa shape index (κ3) is 2.24. The number of carbonyl (C=O) groups is 1. The number of nitrogens with zero attached hydrogens (tertiary/aromatic N) is 1. The summed E-state index contributed by atoms with van der Waals surface area (Å²) in [7, 11) is 0. The fourth-order valence-electron chi connectivity index (χ4n) is 1.59. The van der Waals surface area contributed by atoms with Gasteiger partial charge in [0.05, 0.1) is 11.3 Å². The van der Waals surface area contributed by atoms with Crippen LogP contribution < -0.4 is 0 Å². The summed E-state index contributed by atoms with van der Waals surface area (Å²) in [4.78, 5) is 15.9. The van der Waals surface area contributed by atoms with Crippen molar-refractivity contribution in [3.63, 3.8) is 0 Å². The van der Waals surface area contributed by atoms with Gasteiger partial charge in [0, 0.05) is 0 Å². The summed E-state index contributed by atoms with van der Waals surface area (Å²) in [5.41, 5.74) is 1.02. The van der Waals surface area contributed by atoms with Gasteiger partial charge < -0.3 is 9.52 Å². The topological polar surface area (TPSA) is 63.3 Å². The van der Waals surface area contributed by atoms with Crippen LogP contribution in [0.2, 0.25) is 0 Å². The van der Waals surface area contributed by atoms with E-state index in [-0.39, 0.29) is 5.69 Å². The van der Waals surface area contributed by atoms with Crippen molar-refractivity contribution in [2.24, 2.45) is 0 Å². The molecule has 0 spiro atoms. The Kier molecular flexibility index (Phi) is 3.28. The maximum absolute atomic E-state index is 11.1. The number of carboxylic acids is 1. The van der Waals surface area contributed by atoms with E-state index in [9.17, 15) is 4.79 Å². The zero-order valence-corrected chi connectivity index (χ0v) is 10.5. The lowest BCUT2D eigenvalue weighted by atomic mass is 10.2. The van der Waals surface area contributed by atoms with Gasteiger partial charge in [0.1, 0.15) is 10.6 Å². The smallest absolute Gasteiger partial charge is 0.356 e. The molecule has 0 unspecified atom stereocenters. The minimum absolute atomic E-state index is 0.0940. The van der Waals surface area contributed by atoms with Gasteiger partial charge in [0.2, 0.25) is 0 Å². The van der Waals surface area contributed by atoms with Crippen LogP contribution in [0, 0.1) is 6.92 Å². The number of aryl methyl sites for hydroxylation is 2. The number of hydrogen-bond donors (Lipinski definition) is 1. The molecule has 1 N–H and O–H groups in total. The molecule has 0 atom stereocenters. The highest BCUT2D eigenvalue weighted by Crippen LogP contribution is 2.33. The molecule has 5 heteroatoms. The quantitative estimate of drug-likeness (QED) is 0.905. The Morgan fingerprint density at radius 3 is 2.88 bits per heavy atom. The molecule has 17 heavy (non-hydrogen) atoms. The van der Waals surface area contributed by atoms with Crippen LogP contribution in [0.15, 0.2) is 16.7 Å². The van der Waals surface area contributed by atoms with E-state index in [1.807, 2.05) is 19.9 Å². The highest BCUT2D eigenvalue weighted by Gasteiger charge is 2.21. The van der Waals surface area contributed by atoms with Crippen molar-refractivity contribution in [2.45, 2.75) is 26.7 Å². The van der Waals surface area contributed by atoms with Gasteiger partial charge in [-0.1, -0.05) is 6.92 Å². The second kappa shape index (κ2) is 4.71. The van der Waals surface area contributed by atoms with Crippen molar-refractivity contribution in [3.8, 4) is 10.6 Å². The van der Waals surface area contributed by atoms with Gasteiger partial charge in [-0.2, -0.15) is 0 Å². The molecule has 0 aliphatic carbocycles. The van der Waals surface area contributed by atoms with E-state index in [0.29, 0.717) is 10.6 Å². The average molecular weight is 251 g/mol. The van der Waals surface area contributed by atoms with E-state index in [0.717, 1.165) is 23.4 Å². The second-order valence-corrected chi connectivity index (χ2v) is 4.86. The van der Waals surface area contributed by atoms with E-state index in [4.69, 9.17) is 9.52 Å². The van der Waals surface area contributed by atoms with Crippen LogP contribution in [0.25, 0.3) is 10.6 Å². The van der Waals surface area contributed by atoms with Crippen LogP contribution in [0.5, 0.6) is 0 Å². The van der Waals surface area contributed by atoms with Gasteiger partial charge >= 0.3 is 5.97 Å². The first-order valence-electron chi connectivity index (χ1n) is 5.41. The molecule has 0 aliphatic rings. The molecule has 0 aromatic carbocycles. The van der Waals surface area contributed by atoms with Crippen LogP contribution in [0.4, 0.5) is 0 Å². The minimum Gasteiger partial charge on any atom is -0.476 e. The summed E-state index contributed by atoms with van der Waals surface area (Å²) in [5, 5.41) is 9.98. The molecule has 0 amide bonds. The normalized spacial score (nSPS) is 10.7. The number of aromatic nitrogens is 1. The molecule has 2 aromatic heterocycles. The average Bonchev–Trinajstić information content (AvgIpc) is 2.84. The SMILES string of the molecule is CCCc1nc(C(=O)O)c(-c2occc2C)s1. The third-order valence-electron chi connectivity index (χ3n) is 2.41. The van der Waals surface area contributed by atoms with E-state index < -0.39 is 5.97 Å². The zero-order valence-electron chi connectivity index (χ0n) is 9.69. The Hall–Kier alpha value is -1.62. The van der Waals surface area contributed by atoms with E-state index in [1.54, 1.807) is 6.26 Å². The van der Waals surface area contributed by atoms with Gasteiger partial charge in [0.15, 0.2) is 5.69 Å². The van der Waals surface area contributed by atoms with Crippen LogP contribution in [-0.2, 0) is 6.42 Å². The second-order valence-electron chi connectivity index (χ2n) is 3.77. The number of rotatable bonds is 4. The Labute approximate surface area is 103 Å². The van der Waals surface area contributed by atoms with Crippen molar-refractivity contribution >= 4 is 17.3 Å². The van der Waals surface area contributed by atoms with Gasteiger partial charge in [0.25, 0.3) is 0 Å². The molecule has 0 saturated heterocycles. The molecule has 0 fully saturated rings. The fraction of sp³-hybridized carbons (Fsp3) is 0.333. The molecule has 90 valence electrons. The molecule has 2 rings (SSSR count). The van der Waals surface area contributed by atoms with Crippen LogP contribution in [0.1, 0.15) is 34.4 Å². The predicted molar refractivity (Wildman–Crippen MR) is 65.5 cm³/mol. The number of furan rings is 1. The molecule has 0 saturated carbocycles. The Morgan fingerprint density at radius 2 is 2.35 bits per heavy atom. The van der Waals surface area contributed by atoms with Crippen molar-refractivity contribution in [1.29, 1.82) is 0 Å². The highest BCUT2D eigenvalue weighted by molar-refractivity contribution is 7.15. The van der Waals surface area contributed by atoms with Crippen molar-refractivity contribution in [2.75, 3.05) is 0 Å². The third-order valence-corrected chi connectivity index (χ3v) is 3.52. The van der Waals surface area contributed by atoms with Crippen LogP contribution in [-0.4, -0.2) is 16.1 Å². The molecule has 2 aromatic rings. The van der Waals surface area contributed by atoms with E-state index in [2.05, 4.69) is 4.98 Å². The summed E-state index contributed by atoms with van der Waals surface area (Å²) in [6, 6.07) is 1.82. The summed E-state index contributed by atoms with van der Waals surface area (Å²) >= 11 is 1.40. The maximum atomic E-state index is 11.1. The number of carboxylic acid groups (broad SMARTS) is 1. The molecule has 0 bridgehead atoms. The molecule has 0 radical (unpaired) electrons. The Morgan fingerprint density at radius 1 is 1.59 bits per heavy atom. The highest BCUT2D eigenvalue weighted by atomic mass is 32.1. The number of aromatic carboxylic acids is 1. The van der Waals surface area contributed by atoms with Crippen molar-refractivity contribution < 1.29 is 14.3 Å². The van der Waals surface area contributed by atoms with E-state index in [1.165, 1.54) is 11.3 Å². The summed E-state index contributed by atoms with van der Waals surface area (Å²) in [5.74, 6) is -0.392. The lowest BCUT2D eigenvalue weighted by Gasteiger charge is -1.95. The largest absolute Gasteiger partial charge is 0.476 e. The van der Waals surface area contributed by atoms with Crippen molar-refractivity contribution in [1.82, 2.24) is 4.98 Å². The van der Waals surface area contributed by atoms with Crippen LogP contribution >= 0.6 is 11.3 Å². The van der Waals surface area contributed by atoms with Crippen molar-refractivity contribution in [3.05, 3.63) is 28.6 Å². The lowest BCUT2D eigenvalue weighted by Crippen LogP contribution is -1.99.